The molecule has 0 aliphatic rings. The predicted octanol–water partition coefficient (Wildman–Crippen LogP) is 3.88. The van der Waals surface area contributed by atoms with Gasteiger partial charge in [-0.25, -0.2) is 9.67 Å². The Hall–Kier alpha value is -2.13. The minimum absolute atomic E-state index is 0. The molecule has 29 heavy (non-hydrogen) atoms. The second kappa shape index (κ2) is 12.4. The molecule has 3 rings (SSSR count). The zero-order valence-corrected chi connectivity index (χ0v) is 19.5. The fourth-order valence-electron chi connectivity index (χ4n) is 2.76. The second-order valence-corrected chi connectivity index (χ2v) is 6.68. The van der Waals surface area contributed by atoms with Gasteiger partial charge in [0.15, 0.2) is 5.96 Å². The average Bonchev–Trinajstić information content (AvgIpc) is 3.25. The van der Waals surface area contributed by atoms with Gasteiger partial charge in [-0.2, -0.15) is 5.10 Å². The number of halogens is 2. The number of pyridine rings is 1. The van der Waals surface area contributed by atoms with Crippen LogP contribution in [0.5, 0.6) is 0 Å². The summed E-state index contributed by atoms with van der Waals surface area (Å²) in [5.41, 5.74) is 3.46. The molecule has 0 radical (unpaired) electrons. The van der Waals surface area contributed by atoms with Crippen molar-refractivity contribution in [2.45, 2.75) is 19.8 Å². The first kappa shape index (κ1) is 23.2. The molecule has 154 valence electrons. The predicted molar refractivity (Wildman–Crippen MR) is 130 cm³/mol. The number of aliphatic imine (C=N–C) groups is 1. The molecule has 0 fully saturated rings. The molecule has 0 bridgehead atoms. The molecule has 0 unspecified atom stereocenters. The standard InChI is InChI=1S/C21H25ClN6.HI/c1-2-23-21(25-14-11-18-6-9-20(22)26-16-18)24-13-10-17-4-7-19(8-5-17)28-15-3-12-27-28;/h3-9,12,15-16H,2,10-11,13-14H2,1H3,(H2,23,24,25);1H. The Kier molecular flexibility index (Phi) is 9.93. The number of hydrogen-bond acceptors (Lipinski definition) is 3. The molecule has 6 nitrogen and oxygen atoms in total. The second-order valence-electron chi connectivity index (χ2n) is 6.29. The monoisotopic (exact) mass is 524 g/mol. The Morgan fingerprint density at radius 1 is 1.07 bits per heavy atom. The number of guanidine groups is 1. The average molecular weight is 525 g/mol. The molecule has 1 aromatic carbocycles. The Morgan fingerprint density at radius 2 is 1.86 bits per heavy atom. The maximum atomic E-state index is 5.82. The third-order valence-corrected chi connectivity index (χ3v) is 4.44. The molecular formula is C21H26ClIN6. The van der Waals surface area contributed by atoms with Crippen molar-refractivity contribution in [3.05, 3.63) is 77.3 Å². The molecule has 0 aliphatic carbocycles. The van der Waals surface area contributed by atoms with Crippen molar-refractivity contribution in [3.63, 3.8) is 0 Å². The molecule has 3 aromatic rings. The topological polar surface area (TPSA) is 67.1 Å². The Morgan fingerprint density at radius 3 is 2.52 bits per heavy atom. The first-order valence-electron chi connectivity index (χ1n) is 9.46. The van der Waals surface area contributed by atoms with Gasteiger partial charge >= 0.3 is 0 Å². The molecule has 0 aliphatic heterocycles. The van der Waals surface area contributed by atoms with Crippen LogP contribution in [0.15, 0.2) is 66.0 Å². The van der Waals surface area contributed by atoms with Gasteiger partial charge in [0, 0.05) is 38.2 Å². The van der Waals surface area contributed by atoms with Crippen LogP contribution in [-0.2, 0) is 12.8 Å². The van der Waals surface area contributed by atoms with E-state index in [1.165, 1.54) is 5.56 Å². The molecule has 8 heteroatoms. The first-order valence-corrected chi connectivity index (χ1v) is 9.84. The smallest absolute Gasteiger partial charge is 0.191 e. The van der Waals surface area contributed by atoms with Crippen molar-refractivity contribution in [1.29, 1.82) is 0 Å². The molecule has 0 amide bonds. The van der Waals surface area contributed by atoms with Crippen LogP contribution >= 0.6 is 35.6 Å². The van der Waals surface area contributed by atoms with Gasteiger partial charge in [0.2, 0.25) is 0 Å². The summed E-state index contributed by atoms with van der Waals surface area (Å²) >= 11 is 5.82. The van der Waals surface area contributed by atoms with E-state index in [9.17, 15) is 0 Å². The van der Waals surface area contributed by atoms with E-state index < -0.39 is 0 Å². The van der Waals surface area contributed by atoms with E-state index in [1.807, 2.05) is 29.1 Å². The van der Waals surface area contributed by atoms with E-state index in [4.69, 9.17) is 11.6 Å². The Bertz CT molecular complexity index is 863. The van der Waals surface area contributed by atoms with Gasteiger partial charge in [0.1, 0.15) is 5.15 Å². The van der Waals surface area contributed by atoms with Gasteiger partial charge in [-0.05, 0) is 55.2 Å². The highest BCUT2D eigenvalue weighted by Gasteiger charge is 2.00. The maximum absolute atomic E-state index is 5.82. The molecule has 0 atom stereocenters. The molecule has 2 heterocycles. The number of hydrogen-bond donors (Lipinski definition) is 2. The van der Waals surface area contributed by atoms with E-state index >= 15 is 0 Å². The van der Waals surface area contributed by atoms with E-state index in [2.05, 4.69) is 56.9 Å². The molecule has 0 saturated heterocycles. The third-order valence-electron chi connectivity index (χ3n) is 4.21. The van der Waals surface area contributed by atoms with Crippen LogP contribution in [0.4, 0.5) is 0 Å². The SMILES string of the molecule is CCNC(=NCCc1ccc(-n2cccn2)cc1)NCCc1ccc(Cl)nc1.I. The molecule has 0 saturated carbocycles. The van der Waals surface area contributed by atoms with Gasteiger partial charge in [0.05, 0.1) is 5.69 Å². The van der Waals surface area contributed by atoms with E-state index in [1.54, 1.807) is 12.4 Å². The van der Waals surface area contributed by atoms with E-state index in [-0.39, 0.29) is 24.0 Å². The number of aromatic nitrogens is 3. The summed E-state index contributed by atoms with van der Waals surface area (Å²) < 4.78 is 1.85. The van der Waals surface area contributed by atoms with Crippen molar-refractivity contribution in [2.75, 3.05) is 19.6 Å². The fraction of sp³-hybridized carbons (Fsp3) is 0.286. The lowest BCUT2D eigenvalue weighted by atomic mass is 10.1. The lowest BCUT2D eigenvalue weighted by Crippen LogP contribution is -2.38. The van der Waals surface area contributed by atoms with Crippen LogP contribution in [0.25, 0.3) is 5.69 Å². The summed E-state index contributed by atoms with van der Waals surface area (Å²) in [5, 5.41) is 11.4. The van der Waals surface area contributed by atoms with Crippen LogP contribution in [0.2, 0.25) is 5.15 Å². The highest BCUT2D eigenvalue weighted by Crippen LogP contribution is 2.09. The lowest BCUT2D eigenvalue weighted by Gasteiger charge is -2.11. The van der Waals surface area contributed by atoms with Crippen LogP contribution in [0, 0.1) is 0 Å². The van der Waals surface area contributed by atoms with E-state index in [0.29, 0.717) is 5.15 Å². The minimum atomic E-state index is 0. The Balaban J connectivity index is 0.00000300. The maximum Gasteiger partial charge on any atom is 0.191 e. The summed E-state index contributed by atoms with van der Waals surface area (Å²) in [5.74, 6) is 0.831. The minimum Gasteiger partial charge on any atom is -0.357 e. The summed E-state index contributed by atoms with van der Waals surface area (Å²) in [6.45, 7) is 4.40. The molecule has 2 aromatic heterocycles. The highest BCUT2D eigenvalue weighted by atomic mass is 127. The largest absolute Gasteiger partial charge is 0.357 e. The lowest BCUT2D eigenvalue weighted by molar-refractivity contribution is 0.795. The van der Waals surface area contributed by atoms with Gasteiger partial charge in [0.25, 0.3) is 0 Å². The molecule has 0 spiro atoms. The van der Waals surface area contributed by atoms with Crippen LogP contribution in [0.1, 0.15) is 18.1 Å². The van der Waals surface area contributed by atoms with Crippen molar-refractivity contribution in [3.8, 4) is 5.69 Å². The van der Waals surface area contributed by atoms with Gasteiger partial charge in [-0.15, -0.1) is 24.0 Å². The van der Waals surface area contributed by atoms with E-state index in [0.717, 1.165) is 49.7 Å². The summed E-state index contributed by atoms with van der Waals surface area (Å²) in [7, 11) is 0. The quantitative estimate of drug-likeness (QED) is 0.203. The number of benzene rings is 1. The molecular weight excluding hydrogens is 499 g/mol. The molecule has 2 N–H and O–H groups in total. The van der Waals surface area contributed by atoms with Crippen molar-refractivity contribution in [1.82, 2.24) is 25.4 Å². The third kappa shape index (κ3) is 7.66. The fourth-order valence-corrected chi connectivity index (χ4v) is 2.87. The van der Waals surface area contributed by atoms with Crippen LogP contribution < -0.4 is 10.6 Å². The first-order chi connectivity index (χ1) is 13.7. The van der Waals surface area contributed by atoms with Gasteiger partial charge in [-0.1, -0.05) is 29.8 Å². The van der Waals surface area contributed by atoms with Crippen molar-refractivity contribution >= 4 is 41.5 Å². The number of nitrogens with zero attached hydrogens (tertiary/aromatic N) is 4. The van der Waals surface area contributed by atoms with Gasteiger partial charge in [-0.3, -0.25) is 4.99 Å². The Labute approximate surface area is 193 Å². The highest BCUT2D eigenvalue weighted by molar-refractivity contribution is 14.0. The van der Waals surface area contributed by atoms with Crippen molar-refractivity contribution in [2.24, 2.45) is 4.99 Å². The van der Waals surface area contributed by atoms with Gasteiger partial charge < -0.3 is 10.6 Å². The number of nitrogens with one attached hydrogen (secondary N) is 2. The number of rotatable bonds is 8. The summed E-state index contributed by atoms with van der Waals surface area (Å²) in [6.07, 6.45) is 7.27. The summed E-state index contributed by atoms with van der Waals surface area (Å²) in [6, 6.07) is 14.1. The summed E-state index contributed by atoms with van der Waals surface area (Å²) in [4.78, 5) is 8.77. The zero-order valence-electron chi connectivity index (χ0n) is 16.4. The van der Waals surface area contributed by atoms with Crippen molar-refractivity contribution < 1.29 is 0 Å². The van der Waals surface area contributed by atoms with Crippen LogP contribution in [0.3, 0.4) is 0 Å². The normalized spacial score (nSPS) is 11.0. The zero-order chi connectivity index (χ0) is 19.6. The van der Waals surface area contributed by atoms with Crippen LogP contribution in [-0.4, -0.2) is 40.4 Å².